The number of aromatic nitrogens is 1. The topological polar surface area (TPSA) is 48.1 Å². The number of rotatable bonds is 6. The fourth-order valence-corrected chi connectivity index (χ4v) is 2.98. The van der Waals surface area contributed by atoms with Gasteiger partial charge in [-0.1, -0.05) is 25.5 Å². The normalized spacial score (nSPS) is 10.6. The number of hydrogen-bond donors (Lipinski definition) is 1. The third kappa shape index (κ3) is 3.70. The predicted molar refractivity (Wildman–Crippen MR) is 80.9 cm³/mol. The molecule has 2 rings (SSSR count). The molecule has 1 aromatic carbocycles. The van der Waals surface area contributed by atoms with Crippen LogP contribution in [0.25, 0.3) is 0 Å². The standard InChI is InChI=1S/C15H20N2OS/c1-3-6-13-14(19-15(16)17-13)10-11-7-5-8-12(9-11)18-4-2/h5,7-9H,3-4,6,10H2,1-2H3,(H2,16,17). The summed E-state index contributed by atoms with van der Waals surface area (Å²) < 4.78 is 5.53. The Morgan fingerprint density at radius 2 is 2.16 bits per heavy atom. The first kappa shape index (κ1) is 13.9. The van der Waals surface area contributed by atoms with Gasteiger partial charge in [-0.3, -0.25) is 0 Å². The molecule has 0 spiro atoms. The third-order valence-electron chi connectivity index (χ3n) is 2.86. The lowest BCUT2D eigenvalue weighted by Gasteiger charge is -2.06. The summed E-state index contributed by atoms with van der Waals surface area (Å²) in [7, 11) is 0. The molecule has 19 heavy (non-hydrogen) atoms. The van der Waals surface area contributed by atoms with Gasteiger partial charge in [-0.05, 0) is 31.0 Å². The van der Waals surface area contributed by atoms with Gasteiger partial charge in [-0.15, -0.1) is 11.3 Å². The fraction of sp³-hybridized carbons (Fsp3) is 0.400. The van der Waals surface area contributed by atoms with E-state index in [1.165, 1.54) is 10.4 Å². The maximum Gasteiger partial charge on any atom is 0.180 e. The molecule has 2 N–H and O–H groups in total. The van der Waals surface area contributed by atoms with Crippen LogP contribution in [0.3, 0.4) is 0 Å². The lowest BCUT2D eigenvalue weighted by molar-refractivity contribution is 0.340. The van der Waals surface area contributed by atoms with Crippen LogP contribution in [0.2, 0.25) is 0 Å². The van der Waals surface area contributed by atoms with E-state index in [0.717, 1.165) is 30.7 Å². The van der Waals surface area contributed by atoms with Gasteiger partial charge in [-0.25, -0.2) is 4.98 Å². The Morgan fingerprint density at radius 3 is 2.89 bits per heavy atom. The van der Waals surface area contributed by atoms with Crippen LogP contribution in [0, 0.1) is 0 Å². The van der Waals surface area contributed by atoms with E-state index in [-0.39, 0.29) is 0 Å². The minimum atomic E-state index is 0.666. The Bertz CT molecular complexity index is 537. The second-order valence-corrected chi connectivity index (χ2v) is 5.54. The average molecular weight is 276 g/mol. The van der Waals surface area contributed by atoms with E-state index in [1.807, 2.05) is 19.1 Å². The number of nitrogens with zero attached hydrogens (tertiary/aromatic N) is 1. The number of nitrogens with two attached hydrogens (primary N) is 1. The molecule has 1 aromatic heterocycles. The second-order valence-electron chi connectivity index (χ2n) is 4.43. The van der Waals surface area contributed by atoms with Crippen molar-refractivity contribution in [2.75, 3.05) is 12.3 Å². The van der Waals surface area contributed by atoms with Crippen molar-refractivity contribution in [3.63, 3.8) is 0 Å². The number of aryl methyl sites for hydroxylation is 1. The molecule has 0 aliphatic heterocycles. The van der Waals surface area contributed by atoms with Crippen molar-refractivity contribution < 1.29 is 4.74 Å². The van der Waals surface area contributed by atoms with Crippen molar-refractivity contribution in [2.24, 2.45) is 0 Å². The summed E-state index contributed by atoms with van der Waals surface area (Å²) in [6.45, 7) is 4.85. The monoisotopic (exact) mass is 276 g/mol. The molecule has 0 aliphatic rings. The van der Waals surface area contributed by atoms with Crippen LogP contribution in [0.4, 0.5) is 5.13 Å². The van der Waals surface area contributed by atoms with Crippen molar-refractivity contribution in [3.8, 4) is 5.75 Å². The van der Waals surface area contributed by atoms with Gasteiger partial charge < -0.3 is 10.5 Å². The van der Waals surface area contributed by atoms with Crippen molar-refractivity contribution in [1.29, 1.82) is 0 Å². The minimum Gasteiger partial charge on any atom is -0.494 e. The first-order valence-corrected chi connectivity index (χ1v) is 7.50. The molecule has 102 valence electrons. The smallest absolute Gasteiger partial charge is 0.180 e. The lowest BCUT2D eigenvalue weighted by Crippen LogP contribution is -1.95. The maximum atomic E-state index is 5.82. The molecule has 0 amide bonds. The molecule has 0 saturated carbocycles. The Labute approximate surface area is 118 Å². The van der Waals surface area contributed by atoms with Gasteiger partial charge in [0.05, 0.1) is 12.3 Å². The van der Waals surface area contributed by atoms with Crippen LogP contribution in [0.1, 0.15) is 36.4 Å². The largest absolute Gasteiger partial charge is 0.494 e. The van der Waals surface area contributed by atoms with Crippen molar-refractivity contribution in [2.45, 2.75) is 33.1 Å². The van der Waals surface area contributed by atoms with Crippen LogP contribution in [-0.2, 0) is 12.8 Å². The van der Waals surface area contributed by atoms with Crippen LogP contribution in [0.15, 0.2) is 24.3 Å². The molecule has 3 nitrogen and oxygen atoms in total. The summed E-state index contributed by atoms with van der Waals surface area (Å²) in [5.74, 6) is 0.925. The summed E-state index contributed by atoms with van der Waals surface area (Å²) in [6.07, 6.45) is 2.97. The Balaban J connectivity index is 2.18. The Kier molecular flexibility index (Phi) is 4.80. The molecule has 0 unspecified atom stereocenters. The average Bonchev–Trinajstić information content (AvgIpc) is 2.71. The molecule has 0 bridgehead atoms. The summed E-state index contributed by atoms with van der Waals surface area (Å²) in [5, 5.41) is 0.666. The Morgan fingerprint density at radius 1 is 1.32 bits per heavy atom. The highest BCUT2D eigenvalue weighted by atomic mass is 32.1. The molecule has 0 fully saturated rings. The van der Waals surface area contributed by atoms with E-state index in [2.05, 4.69) is 24.0 Å². The Hall–Kier alpha value is -1.55. The van der Waals surface area contributed by atoms with Crippen LogP contribution < -0.4 is 10.5 Å². The summed E-state index contributed by atoms with van der Waals surface area (Å²) in [4.78, 5) is 5.69. The zero-order valence-electron chi connectivity index (χ0n) is 11.5. The van der Waals surface area contributed by atoms with Crippen molar-refractivity contribution in [1.82, 2.24) is 4.98 Å². The number of nitrogen functional groups attached to an aromatic ring is 1. The highest BCUT2D eigenvalue weighted by molar-refractivity contribution is 7.15. The molecule has 2 aromatic rings. The summed E-state index contributed by atoms with van der Waals surface area (Å²) >= 11 is 1.59. The predicted octanol–water partition coefficient (Wildman–Crippen LogP) is 3.67. The number of thiazole rings is 1. The number of hydrogen-bond acceptors (Lipinski definition) is 4. The van der Waals surface area contributed by atoms with E-state index >= 15 is 0 Å². The lowest BCUT2D eigenvalue weighted by atomic mass is 10.1. The van der Waals surface area contributed by atoms with Crippen molar-refractivity contribution in [3.05, 3.63) is 40.4 Å². The zero-order valence-corrected chi connectivity index (χ0v) is 12.3. The van der Waals surface area contributed by atoms with Gasteiger partial charge in [0.25, 0.3) is 0 Å². The van der Waals surface area contributed by atoms with Gasteiger partial charge in [0, 0.05) is 11.3 Å². The van der Waals surface area contributed by atoms with Crippen LogP contribution in [-0.4, -0.2) is 11.6 Å². The minimum absolute atomic E-state index is 0.666. The first-order chi connectivity index (χ1) is 9.22. The van der Waals surface area contributed by atoms with E-state index in [4.69, 9.17) is 10.5 Å². The molecular weight excluding hydrogens is 256 g/mol. The highest BCUT2D eigenvalue weighted by Crippen LogP contribution is 2.26. The molecule has 0 saturated heterocycles. The summed E-state index contributed by atoms with van der Waals surface area (Å²) in [5.41, 5.74) is 8.21. The van der Waals surface area contributed by atoms with Crippen LogP contribution >= 0.6 is 11.3 Å². The highest BCUT2D eigenvalue weighted by Gasteiger charge is 2.10. The second kappa shape index (κ2) is 6.57. The molecule has 4 heteroatoms. The SMILES string of the molecule is CCCc1nc(N)sc1Cc1cccc(OCC)c1. The number of anilines is 1. The van der Waals surface area contributed by atoms with Crippen LogP contribution in [0.5, 0.6) is 5.75 Å². The number of ether oxygens (including phenoxy) is 1. The quantitative estimate of drug-likeness (QED) is 0.875. The molecule has 0 radical (unpaired) electrons. The van der Waals surface area contributed by atoms with Gasteiger partial charge in [0.1, 0.15) is 5.75 Å². The van der Waals surface area contributed by atoms with E-state index in [1.54, 1.807) is 11.3 Å². The van der Waals surface area contributed by atoms with E-state index < -0.39 is 0 Å². The van der Waals surface area contributed by atoms with E-state index in [0.29, 0.717) is 11.7 Å². The molecule has 1 heterocycles. The van der Waals surface area contributed by atoms with E-state index in [9.17, 15) is 0 Å². The molecule has 0 atom stereocenters. The first-order valence-electron chi connectivity index (χ1n) is 6.68. The number of benzene rings is 1. The zero-order chi connectivity index (χ0) is 13.7. The van der Waals surface area contributed by atoms with Gasteiger partial charge in [0.2, 0.25) is 0 Å². The van der Waals surface area contributed by atoms with Gasteiger partial charge in [-0.2, -0.15) is 0 Å². The summed E-state index contributed by atoms with van der Waals surface area (Å²) in [6, 6.07) is 8.23. The van der Waals surface area contributed by atoms with Crippen molar-refractivity contribution >= 4 is 16.5 Å². The maximum absolute atomic E-state index is 5.82. The van der Waals surface area contributed by atoms with Gasteiger partial charge >= 0.3 is 0 Å². The van der Waals surface area contributed by atoms with Gasteiger partial charge in [0.15, 0.2) is 5.13 Å². The molecule has 0 aliphatic carbocycles. The third-order valence-corrected chi connectivity index (χ3v) is 3.78. The molecular formula is C15H20N2OS. The fourth-order valence-electron chi connectivity index (χ4n) is 2.07.